The molecule has 1 saturated carbocycles. The first-order valence-corrected chi connectivity index (χ1v) is 7.77. The summed E-state index contributed by atoms with van der Waals surface area (Å²) in [6, 6.07) is 0. The molecule has 0 aromatic rings. The monoisotopic (exact) mass is 256 g/mol. The molecule has 1 aliphatic heterocycles. The van der Waals surface area contributed by atoms with E-state index >= 15 is 0 Å². The first-order chi connectivity index (χ1) is 8.06. The zero-order valence-corrected chi connectivity index (χ0v) is 12.1. The molecule has 0 bridgehead atoms. The summed E-state index contributed by atoms with van der Waals surface area (Å²) in [4.78, 5) is 16.2. The maximum absolute atomic E-state index is 11.9. The van der Waals surface area contributed by atoms with Crippen molar-refractivity contribution in [2.75, 3.05) is 40.0 Å². The number of hydrogen-bond donors (Lipinski definition) is 0. The number of rotatable bonds is 4. The molecule has 4 heteroatoms. The Kier molecular flexibility index (Phi) is 4.03. The van der Waals surface area contributed by atoms with Gasteiger partial charge in [0.15, 0.2) is 0 Å². The van der Waals surface area contributed by atoms with Crippen LogP contribution in [-0.2, 0) is 4.79 Å². The number of piperidine rings is 1. The molecular formula is C13H24N2OS. The predicted molar refractivity (Wildman–Crippen MR) is 73.3 cm³/mol. The molecule has 0 unspecified atom stereocenters. The third-order valence-electron chi connectivity index (χ3n) is 4.13. The van der Waals surface area contributed by atoms with Crippen molar-refractivity contribution in [1.82, 2.24) is 9.80 Å². The van der Waals surface area contributed by atoms with E-state index in [-0.39, 0.29) is 5.92 Å². The Morgan fingerprint density at radius 3 is 2.35 bits per heavy atom. The minimum Gasteiger partial charge on any atom is -0.349 e. The molecule has 1 aliphatic carbocycles. The van der Waals surface area contributed by atoms with Gasteiger partial charge < -0.3 is 9.80 Å². The van der Waals surface area contributed by atoms with Crippen LogP contribution in [0.4, 0.5) is 0 Å². The Morgan fingerprint density at radius 1 is 1.35 bits per heavy atom. The number of thioether (sulfide) groups is 1. The van der Waals surface area contributed by atoms with Crippen molar-refractivity contribution in [3.05, 3.63) is 0 Å². The van der Waals surface area contributed by atoms with E-state index in [0.717, 1.165) is 25.9 Å². The first-order valence-electron chi connectivity index (χ1n) is 6.55. The minimum absolute atomic E-state index is 0.269. The molecule has 1 saturated heterocycles. The maximum Gasteiger partial charge on any atom is 0.225 e. The summed E-state index contributed by atoms with van der Waals surface area (Å²) in [6.07, 6.45) is 7.08. The second-order valence-corrected chi connectivity index (χ2v) is 6.94. The number of likely N-dealkylation sites (tertiary alicyclic amines) is 1. The highest BCUT2D eigenvalue weighted by Gasteiger charge is 2.43. The van der Waals surface area contributed by atoms with Crippen molar-refractivity contribution in [2.45, 2.75) is 30.4 Å². The molecule has 17 heavy (non-hydrogen) atoms. The number of hydrogen-bond acceptors (Lipinski definition) is 3. The van der Waals surface area contributed by atoms with Crippen LogP contribution >= 0.6 is 11.8 Å². The van der Waals surface area contributed by atoms with Crippen LogP contribution in [0.1, 0.15) is 25.7 Å². The van der Waals surface area contributed by atoms with E-state index in [9.17, 15) is 4.79 Å². The number of nitrogens with zero attached hydrogens (tertiary/aromatic N) is 2. The Balaban J connectivity index is 1.76. The maximum atomic E-state index is 11.9. The Bertz CT molecular complexity index is 281. The molecule has 2 fully saturated rings. The van der Waals surface area contributed by atoms with Gasteiger partial charge in [0, 0.05) is 31.3 Å². The van der Waals surface area contributed by atoms with Crippen LogP contribution < -0.4 is 0 Å². The molecule has 0 N–H and O–H groups in total. The molecule has 98 valence electrons. The molecule has 0 aromatic carbocycles. The Hall–Kier alpha value is -0.220. The van der Waals surface area contributed by atoms with Crippen LogP contribution in [0.5, 0.6) is 0 Å². The van der Waals surface area contributed by atoms with Crippen LogP contribution in [0.15, 0.2) is 0 Å². The average Bonchev–Trinajstić information content (AvgIpc) is 3.09. The average molecular weight is 256 g/mol. The van der Waals surface area contributed by atoms with Gasteiger partial charge in [-0.1, -0.05) is 0 Å². The zero-order valence-electron chi connectivity index (χ0n) is 11.2. The van der Waals surface area contributed by atoms with Gasteiger partial charge in [0.05, 0.1) is 0 Å². The number of carbonyl (C=O) groups is 1. The second kappa shape index (κ2) is 5.19. The third-order valence-corrected chi connectivity index (χ3v) is 5.53. The van der Waals surface area contributed by atoms with E-state index in [1.807, 2.05) is 25.9 Å². The topological polar surface area (TPSA) is 23.6 Å². The lowest BCUT2D eigenvalue weighted by Gasteiger charge is -2.34. The van der Waals surface area contributed by atoms with E-state index in [0.29, 0.717) is 10.7 Å². The largest absolute Gasteiger partial charge is 0.349 e. The van der Waals surface area contributed by atoms with E-state index in [1.165, 1.54) is 19.4 Å². The fourth-order valence-corrected chi connectivity index (χ4v) is 3.50. The molecule has 1 amide bonds. The summed E-state index contributed by atoms with van der Waals surface area (Å²) in [7, 11) is 3.73. The number of amides is 1. The van der Waals surface area contributed by atoms with Gasteiger partial charge in [-0.25, -0.2) is 0 Å². The van der Waals surface area contributed by atoms with Crippen molar-refractivity contribution in [3.8, 4) is 0 Å². The standard InChI is InChI=1S/C13H24N2OS/c1-14(2)12(16)11-4-8-15(9-5-11)10-13(17-3)6-7-13/h11H,4-10H2,1-3H3. The van der Waals surface area contributed by atoms with Crippen molar-refractivity contribution in [1.29, 1.82) is 0 Å². The molecule has 2 aliphatic rings. The summed E-state index contributed by atoms with van der Waals surface area (Å²) in [6.45, 7) is 3.44. The van der Waals surface area contributed by atoms with Gasteiger partial charge in [-0.05, 0) is 45.0 Å². The number of carbonyl (C=O) groups excluding carboxylic acids is 1. The van der Waals surface area contributed by atoms with Crippen LogP contribution in [-0.4, -0.2) is 60.4 Å². The van der Waals surface area contributed by atoms with Gasteiger partial charge >= 0.3 is 0 Å². The second-order valence-electron chi connectivity index (χ2n) is 5.67. The van der Waals surface area contributed by atoms with Gasteiger partial charge in [0.25, 0.3) is 0 Å². The van der Waals surface area contributed by atoms with E-state index in [1.54, 1.807) is 4.90 Å². The summed E-state index contributed by atoms with van der Waals surface area (Å²) in [5.41, 5.74) is 0. The molecule has 0 radical (unpaired) electrons. The van der Waals surface area contributed by atoms with Crippen molar-refractivity contribution >= 4 is 17.7 Å². The van der Waals surface area contributed by atoms with Crippen molar-refractivity contribution in [2.24, 2.45) is 5.92 Å². The van der Waals surface area contributed by atoms with Gasteiger partial charge in [-0.2, -0.15) is 11.8 Å². The lowest BCUT2D eigenvalue weighted by atomic mass is 9.95. The minimum atomic E-state index is 0.269. The molecular weight excluding hydrogens is 232 g/mol. The van der Waals surface area contributed by atoms with Crippen LogP contribution in [0.3, 0.4) is 0 Å². The van der Waals surface area contributed by atoms with Crippen LogP contribution in [0.2, 0.25) is 0 Å². The zero-order chi connectivity index (χ0) is 12.5. The lowest BCUT2D eigenvalue weighted by molar-refractivity contribution is -0.134. The summed E-state index contributed by atoms with van der Waals surface area (Å²) >= 11 is 2.03. The van der Waals surface area contributed by atoms with Crippen LogP contribution in [0, 0.1) is 5.92 Å². The van der Waals surface area contributed by atoms with Crippen LogP contribution in [0.25, 0.3) is 0 Å². The molecule has 1 heterocycles. The summed E-state index contributed by atoms with van der Waals surface area (Å²) < 4.78 is 0.568. The van der Waals surface area contributed by atoms with E-state index in [4.69, 9.17) is 0 Å². The molecule has 3 nitrogen and oxygen atoms in total. The first kappa shape index (κ1) is 13.2. The molecule has 0 spiro atoms. The van der Waals surface area contributed by atoms with E-state index < -0.39 is 0 Å². The Labute approximate surface area is 109 Å². The van der Waals surface area contributed by atoms with Crippen molar-refractivity contribution < 1.29 is 4.79 Å². The normalized spacial score (nSPS) is 24.6. The molecule has 0 atom stereocenters. The predicted octanol–water partition coefficient (Wildman–Crippen LogP) is 1.68. The fraction of sp³-hybridized carbons (Fsp3) is 0.923. The third kappa shape index (κ3) is 3.16. The quantitative estimate of drug-likeness (QED) is 0.764. The van der Waals surface area contributed by atoms with E-state index in [2.05, 4.69) is 11.2 Å². The molecule has 0 aromatic heterocycles. The van der Waals surface area contributed by atoms with Gasteiger partial charge in [-0.15, -0.1) is 0 Å². The highest BCUT2D eigenvalue weighted by atomic mass is 32.2. The summed E-state index contributed by atoms with van der Waals surface area (Å²) in [5.74, 6) is 0.585. The summed E-state index contributed by atoms with van der Waals surface area (Å²) in [5, 5.41) is 0. The highest BCUT2D eigenvalue weighted by molar-refractivity contribution is 8.00. The van der Waals surface area contributed by atoms with Gasteiger partial charge in [0.2, 0.25) is 5.91 Å². The fourth-order valence-electron chi connectivity index (χ4n) is 2.68. The van der Waals surface area contributed by atoms with Crippen molar-refractivity contribution in [3.63, 3.8) is 0 Å². The van der Waals surface area contributed by atoms with Gasteiger partial charge in [-0.3, -0.25) is 4.79 Å². The lowest BCUT2D eigenvalue weighted by Crippen LogP contribution is -2.42. The SMILES string of the molecule is CSC1(CN2CCC(C(=O)N(C)C)CC2)CC1. The van der Waals surface area contributed by atoms with Gasteiger partial charge in [0.1, 0.15) is 0 Å². The Morgan fingerprint density at radius 2 is 1.94 bits per heavy atom. The highest BCUT2D eigenvalue weighted by Crippen LogP contribution is 2.47. The smallest absolute Gasteiger partial charge is 0.225 e. The molecule has 2 rings (SSSR count).